The zero-order valence-electron chi connectivity index (χ0n) is 18.3. The molecule has 5 rings (SSSR count). The number of hydrogen-bond donors (Lipinski definition) is 0. The molecule has 0 unspecified atom stereocenters. The highest BCUT2D eigenvalue weighted by atomic mass is 35.5. The minimum atomic E-state index is -0.313. The summed E-state index contributed by atoms with van der Waals surface area (Å²) >= 11 is 6.34. The van der Waals surface area contributed by atoms with E-state index in [4.69, 9.17) is 11.6 Å². The molecule has 3 aromatic carbocycles. The van der Waals surface area contributed by atoms with Crippen molar-refractivity contribution < 1.29 is 9.59 Å². The van der Waals surface area contributed by atoms with Gasteiger partial charge in [-0.25, -0.2) is 4.90 Å². The van der Waals surface area contributed by atoms with Crippen LogP contribution in [0.15, 0.2) is 66.4 Å². The normalized spacial score (nSPS) is 15.8. The van der Waals surface area contributed by atoms with Gasteiger partial charge in [-0.15, -0.1) is 0 Å². The molecule has 4 nitrogen and oxygen atoms in total. The molecular weight excluding hydrogens is 420 g/mol. The van der Waals surface area contributed by atoms with Gasteiger partial charge in [0.15, 0.2) is 0 Å². The van der Waals surface area contributed by atoms with Gasteiger partial charge in [-0.2, -0.15) is 0 Å². The zero-order chi connectivity index (χ0) is 22.6. The second-order valence-electron chi connectivity index (χ2n) is 8.40. The number of benzene rings is 3. The van der Waals surface area contributed by atoms with Gasteiger partial charge in [0.05, 0.1) is 11.3 Å². The average molecular weight is 443 g/mol. The van der Waals surface area contributed by atoms with Crippen LogP contribution in [0.25, 0.3) is 5.57 Å². The van der Waals surface area contributed by atoms with E-state index < -0.39 is 0 Å². The molecule has 2 aliphatic heterocycles. The lowest BCUT2D eigenvalue weighted by Gasteiger charge is -2.22. The summed E-state index contributed by atoms with van der Waals surface area (Å²) in [5.74, 6) is -0.626. The maximum atomic E-state index is 13.9. The molecule has 0 N–H and O–H groups in total. The van der Waals surface area contributed by atoms with Gasteiger partial charge in [0.25, 0.3) is 11.8 Å². The summed E-state index contributed by atoms with van der Waals surface area (Å²) in [7, 11) is 0. The number of carbonyl (C=O) groups is 2. The Kier molecular flexibility index (Phi) is 4.90. The Hall–Kier alpha value is -3.37. The van der Waals surface area contributed by atoms with E-state index in [2.05, 4.69) is 6.07 Å². The van der Waals surface area contributed by atoms with Crippen LogP contribution < -0.4 is 9.80 Å². The molecule has 32 heavy (non-hydrogen) atoms. The van der Waals surface area contributed by atoms with E-state index in [-0.39, 0.29) is 11.8 Å². The first-order valence-corrected chi connectivity index (χ1v) is 11.1. The predicted octanol–water partition coefficient (Wildman–Crippen LogP) is 5.61. The number of halogens is 1. The molecule has 5 heteroatoms. The second-order valence-corrected chi connectivity index (χ2v) is 8.81. The van der Waals surface area contributed by atoms with Gasteiger partial charge in [-0.1, -0.05) is 59.6 Å². The number of fused-ring (bicyclic) bond motifs is 1. The first-order valence-electron chi connectivity index (χ1n) is 10.7. The number of anilines is 2. The molecule has 0 spiro atoms. The zero-order valence-corrected chi connectivity index (χ0v) is 19.0. The Morgan fingerprint density at radius 1 is 0.844 bits per heavy atom. The fourth-order valence-electron chi connectivity index (χ4n) is 4.73. The molecule has 0 bridgehead atoms. The number of rotatable bonds is 3. The average Bonchev–Trinajstić information content (AvgIpc) is 3.29. The molecule has 2 heterocycles. The third-order valence-electron chi connectivity index (χ3n) is 6.35. The van der Waals surface area contributed by atoms with Crippen LogP contribution in [-0.2, 0) is 16.0 Å². The summed E-state index contributed by atoms with van der Waals surface area (Å²) in [6.45, 7) is 6.49. The highest BCUT2D eigenvalue weighted by Crippen LogP contribution is 2.42. The SMILES string of the molecule is Cc1ccc(C2=C(N3CCc4ccccc43)C(=O)N(c3cccc(Cl)c3C)C2=O)c(C)c1. The van der Waals surface area contributed by atoms with Crippen molar-refractivity contribution >= 4 is 40.4 Å². The molecule has 0 atom stereocenters. The fraction of sp³-hybridized carbons (Fsp3) is 0.185. The van der Waals surface area contributed by atoms with Crippen LogP contribution in [0.5, 0.6) is 0 Å². The van der Waals surface area contributed by atoms with Crippen molar-refractivity contribution in [2.45, 2.75) is 27.2 Å². The number of aryl methyl sites for hydroxylation is 2. The van der Waals surface area contributed by atoms with Gasteiger partial charge < -0.3 is 4.90 Å². The fourth-order valence-corrected chi connectivity index (χ4v) is 4.90. The van der Waals surface area contributed by atoms with Crippen molar-refractivity contribution in [1.29, 1.82) is 0 Å². The standard InChI is InChI=1S/C27H23ClN2O2/c1-16-11-12-20(17(2)15-16)24-25(29-14-13-19-7-4-5-9-23(19)29)27(32)30(26(24)31)22-10-6-8-21(28)18(22)3/h4-12,15H,13-14H2,1-3H3. The summed E-state index contributed by atoms with van der Waals surface area (Å²) in [4.78, 5) is 31.1. The summed E-state index contributed by atoms with van der Waals surface area (Å²) in [6.07, 6.45) is 0.831. The molecule has 0 radical (unpaired) electrons. The van der Waals surface area contributed by atoms with E-state index >= 15 is 0 Å². The van der Waals surface area contributed by atoms with E-state index in [9.17, 15) is 9.59 Å². The molecule has 0 saturated carbocycles. The predicted molar refractivity (Wildman–Crippen MR) is 129 cm³/mol. The monoisotopic (exact) mass is 442 g/mol. The van der Waals surface area contributed by atoms with E-state index in [1.807, 2.05) is 62.1 Å². The molecule has 3 aromatic rings. The van der Waals surface area contributed by atoms with Crippen LogP contribution in [0.2, 0.25) is 5.02 Å². The third kappa shape index (κ3) is 3.06. The van der Waals surface area contributed by atoms with Gasteiger partial charge in [-0.3, -0.25) is 9.59 Å². The van der Waals surface area contributed by atoms with E-state index in [0.717, 1.165) is 28.8 Å². The van der Waals surface area contributed by atoms with Gasteiger partial charge in [0, 0.05) is 17.3 Å². The largest absolute Gasteiger partial charge is 0.336 e. The summed E-state index contributed by atoms with van der Waals surface area (Å²) in [6, 6.07) is 19.3. The lowest BCUT2D eigenvalue weighted by molar-refractivity contribution is -0.120. The van der Waals surface area contributed by atoms with E-state index in [1.54, 1.807) is 18.2 Å². The quantitative estimate of drug-likeness (QED) is 0.495. The van der Waals surface area contributed by atoms with Crippen molar-refractivity contribution in [2.24, 2.45) is 0 Å². The first-order chi connectivity index (χ1) is 15.4. The highest BCUT2D eigenvalue weighted by Gasteiger charge is 2.44. The third-order valence-corrected chi connectivity index (χ3v) is 6.76. The minimum absolute atomic E-state index is 0.313. The lowest BCUT2D eigenvalue weighted by atomic mass is 9.97. The molecule has 0 fully saturated rings. The highest BCUT2D eigenvalue weighted by molar-refractivity contribution is 6.47. The first kappa shape index (κ1) is 20.5. The number of imide groups is 1. The second kappa shape index (κ2) is 7.64. The maximum absolute atomic E-state index is 13.9. The topological polar surface area (TPSA) is 40.6 Å². The van der Waals surface area contributed by atoms with Crippen molar-refractivity contribution in [3.8, 4) is 0 Å². The van der Waals surface area contributed by atoms with Crippen molar-refractivity contribution in [3.05, 3.63) is 99.2 Å². The summed E-state index contributed by atoms with van der Waals surface area (Å²) < 4.78 is 0. The van der Waals surface area contributed by atoms with E-state index in [1.165, 1.54) is 10.5 Å². The molecule has 160 valence electrons. The van der Waals surface area contributed by atoms with Crippen molar-refractivity contribution in [1.82, 2.24) is 0 Å². The maximum Gasteiger partial charge on any atom is 0.282 e. The number of carbonyl (C=O) groups excluding carboxylic acids is 2. The number of hydrogen-bond acceptors (Lipinski definition) is 3. The lowest BCUT2D eigenvalue weighted by Crippen LogP contribution is -2.35. The van der Waals surface area contributed by atoms with Crippen LogP contribution in [0, 0.1) is 20.8 Å². The number of nitrogens with zero attached hydrogens (tertiary/aromatic N) is 2. The van der Waals surface area contributed by atoms with Crippen LogP contribution in [0.4, 0.5) is 11.4 Å². The van der Waals surface area contributed by atoms with Crippen molar-refractivity contribution in [3.63, 3.8) is 0 Å². The summed E-state index contributed by atoms with van der Waals surface area (Å²) in [5.41, 5.74) is 7.14. The van der Waals surface area contributed by atoms with Crippen LogP contribution in [-0.4, -0.2) is 18.4 Å². The Morgan fingerprint density at radius 3 is 2.38 bits per heavy atom. The van der Waals surface area contributed by atoms with Gasteiger partial charge in [0.2, 0.25) is 0 Å². The van der Waals surface area contributed by atoms with Gasteiger partial charge in [0.1, 0.15) is 5.70 Å². The van der Waals surface area contributed by atoms with E-state index in [0.29, 0.717) is 34.1 Å². The minimum Gasteiger partial charge on any atom is -0.336 e. The Balaban J connectivity index is 1.74. The molecule has 0 aromatic heterocycles. The molecule has 2 amide bonds. The number of amides is 2. The Morgan fingerprint density at radius 2 is 1.59 bits per heavy atom. The number of para-hydroxylation sites is 1. The van der Waals surface area contributed by atoms with Crippen LogP contribution in [0.1, 0.15) is 27.8 Å². The van der Waals surface area contributed by atoms with Gasteiger partial charge in [-0.05, 0) is 67.6 Å². The van der Waals surface area contributed by atoms with Crippen LogP contribution >= 0.6 is 11.6 Å². The molecule has 0 aliphatic carbocycles. The Bertz CT molecular complexity index is 1320. The molecule has 2 aliphatic rings. The van der Waals surface area contributed by atoms with Crippen molar-refractivity contribution in [2.75, 3.05) is 16.3 Å². The van der Waals surface area contributed by atoms with Crippen LogP contribution in [0.3, 0.4) is 0 Å². The molecular formula is C27H23ClN2O2. The Labute approximate surface area is 192 Å². The molecule has 0 saturated heterocycles. The summed E-state index contributed by atoms with van der Waals surface area (Å²) in [5, 5.41) is 0.524. The smallest absolute Gasteiger partial charge is 0.282 e. The van der Waals surface area contributed by atoms with Gasteiger partial charge >= 0.3 is 0 Å².